The van der Waals surface area contributed by atoms with Crippen LogP contribution in [0.25, 0.3) is 15.8 Å². The molecule has 1 amide bonds. The van der Waals surface area contributed by atoms with Crippen molar-refractivity contribution in [2.24, 2.45) is 0 Å². The molecule has 34 heavy (non-hydrogen) atoms. The Morgan fingerprint density at radius 2 is 1.94 bits per heavy atom. The molecule has 0 unspecified atom stereocenters. The van der Waals surface area contributed by atoms with Crippen molar-refractivity contribution in [3.8, 4) is 5.69 Å². The number of aryl methyl sites for hydroxylation is 1. The summed E-state index contributed by atoms with van der Waals surface area (Å²) in [6, 6.07) is 9.59. The lowest BCUT2D eigenvalue weighted by atomic mass is 10.1. The minimum Gasteiger partial charge on any atom is -0.395 e. The smallest absolute Gasteiger partial charge is 0.395 e. The molecule has 0 fully saturated rings. The van der Waals surface area contributed by atoms with Crippen molar-refractivity contribution in [2.45, 2.75) is 26.4 Å². The number of nitrogens with zero attached hydrogens (tertiary/aromatic N) is 2. The number of carbonyl (C=O) groups excluding carboxylic acids is 1. The summed E-state index contributed by atoms with van der Waals surface area (Å²) >= 11 is 1.27. The number of nitrogens with one attached hydrogen (secondary N) is 1. The molecule has 0 aliphatic carbocycles. The number of aliphatic hydroxyl groups excluding tert-OH is 1. The second-order valence-corrected chi connectivity index (χ2v) is 8.97. The third-order valence-electron chi connectivity index (χ3n) is 5.44. The van der Waals surface area contributed by atoms with Crippen LogP contribution in [0.2, 0.25) is 0 Å². The van der Waals surface area contributed by atoms with Gasteiger partial charge in [0, 0.05) is 23.2 Å². The molecule has 4 aromatic rings. The van der Waals surface area contributed by atoms with Crippen molar-refractivity contribution in [1.82, 2.24) is 15.1 Å². The van der Waals surface area contributed by atoms with Crippen LogP contribution < -0.4 is 5.32 Å². The molecule has 2 aromatic heterocycles. The lowest BCUT2D eigenvalue weighted by Crippen LogP contribution is -2.27. The van der Waals surface area contributed by atoms with Crippen molar-refractivity contribution in [1.29, 1.82) is 0 Å². The number of aliphatic hydroxyl groups is 1. The fourth-order valence-electron chi connectivity index (χ4n) is 3.90. The highest BCUT2D eigenvalue weighted by atomic mass is 32.1. The Balaban J connectivity index is 1.75. The molecule has 0 radical (unpaired) electrons. The van der Waals surface area contributed by atoms with E-state index in [9.17, 15) is 22.4 Å². The zero-order valence-electron chi connectivity index (χ0n) is 18.3. The number of benzene rings is 2. The van der Waals surface area contributed by atoms with Gasteiger partial charge in [0.25, 0.3) is 5.91 Å². The Hall–Kier alpha value is -3.24. The molecule has 2 N–H and O–H groups in total. The molecule has 0 spiro atoms. The number of hydrogen-bond donors (Lipinski definition) is 2. The van der Waals surface area contributed by atoms with E-state index in [-0.39, 0.29) is 25.5 Å². The maximum absolute atomic E-state index is 14.6. The van der Waals surface area contributed by atoms with Gasteiger partial charge in [0.15, 0.2) is 0 Å². The Bertz CT molecular complexity index is 1370. The first-order chi connectivity index (χ1) is 16.1. The number of halogens is 4. The molecule has 5 nitrogen and oxygen atoms in total. The second kappa shape index (κ2) is 9.19. The molecule has 178 valence electrons. The minimum atomic E-state index is -4.44. The number of carbonyl (C=O) groups is 1. The Kier molecular flexibility index (Phi) is 6.46. The maximum atomic E-state index is 14.6. The average molecular weight is 492 g/mol. The van der Waals surface area contributed by atoms with Gasteiger partial charge in [0.2, 0.25) is 0 Å². The normalized spacial score (nSPS) is 11.9. The van der Waals surface area contributed by atoms with Crippen LogP contribution in [0.15, 0.2) is 42.5 Å². The number of rotatable bonds is 6. The van der Waals surface area contributed by atoms with Gasteiger partial charge >= 0.3 is 6.18 Å². The van der Waals surface area contributed by atoms with Crippen LogP contribution in [-0.2, 0) is 12.6 Å². The zero-order chi connectivity index (χ0) is 24.6. The molecule has 0 bridgehead atoms. The molecule has 0 atom stereocenters. The van der Waals surface area contributed by atoms with Crippen LogP contribution in [0.5, 0.6) is 0 Å². The van der Waals surface area contributed by atoms with E-state index in [1.165, 1.54) is 23.5 Å². The fourth-order valence-corrected chi connectivity index (χ4v) is 5.11. The summed E-state index contributed by atoms with van der Waals surface area (Å²) in [5.41, 5.74) is 1.70. The summed E-state index contributed by atoms with van der Waals surface area (Å²) in [6.45, 7) is 3.32. The topological polar surface area (TPSA) is 67.2 Å². The summed E-state index contributed by atoms with van der Waals surface area (Å²) in [4.78, 5) is 13.2. The first-order valence-electron chi connectivity index (χ1n) is 10.4. The molecule has 10 heteroatoms. The van der Waals surface area contributed by atoms with Gasteiger partial charge in [0.05, 0.1) is 39.5 Å². The molecular formula is C24H21F4N3O2S. The second-order valence-electron chi connectivity index (χ2n) is 7.83. The lowest BCUT2D eigenvalue weighted by Gasteiger charge is -2.08. The molecule has 4 rings (SSSR count). The van der Waals surface area contributed by atoms with E-state index in [4.69, 9.17) is 5.11 Å². The van der Waals surface area contributed by atoms with Gasteiger partial charge in [0.1, 0.15) is 5.82 Å². The zero-order valence-corrected chi connectivity index (χ0v) is 19.1. The van der Waals surface area contributed by atoms with Crippen molar-refractivity contribution < 1.29 is 27.5 Å². The van der Waals surface area contributed by atoms with E-state index in [0.29, 0.717) is 43.2 Å². The number of thiophene rings is 1. The van der Waals surface area contributed by atoms with Gasteiger partial charge in [-0.25, -0.2) is 9.07 Å². The average Bonchev–Trinajstić information content (AvgIpc) is 3.33. The summed E-state index contributed by atoms with van der Waals surface area (Å²) in [7, 11) is 0. The number of alkyl halides is 3. The van der Waals surface area contributed by atoms with E-state index in [1.807, 2.05) is 0 Å². The van der Waals surface area contributed by atoms with Gasteiger partial charge in [-0.05, 0) is 43.7 Å². The Morgan fingerprint density at radius 1 is 1.18 bits per heavy atom. The van der Waals surface area contributed by atoms with E-state index < -0.39 is 17.6 Å². The van der Waals surface area contributed by atoms with Gasteiger partial charge in [-0.15, -0.1) is 11.3 Å². The summed E-state index contributed by atoms with van der Waals surface area (Å²) in [5, 5.41) is 16.4. The van der Waals surface area contributed by atoms with E-state index in [1.54, 1.807) is 36.7 Å². The molecule has 2 heterocycles. The third kappa shape index (κ3) is 4.55. The number of hydrogen-bond acceptors (Lipinski definition) is 4. The highest BCUT2D eigenvalue weighted by Crippen LogP contribution is 2.36. The molecular weight excluding hydrogens is 470 g/mol. The van der Waals surface area contributed by atoms with Crippen LogP contribution in [0, 0.1) is 19.7 Å². The number of aromatic nitrogens is 2. The Morgan fingerprint density at radius 3 is 2.65 bits per heavy atom. The Labute approximate surface area is 196 Å². The predicted octanol–water partition coefficient (Wildman–Crippen LogP) is 5.17. The van der Waals surface area contributed by atoms with Gasteiger partial charge < -0.3 is 10.4 Å². The van der Waals surface area contributed by atoms with Gasteiger partial charge in [-0.1, -0.05) is 18.2 Å². The van der Waals surface area contributed by atoms with E-state index in [0.717, 1.165) is 12.1 Å². The number of fused-ring (bicyclic) bond motifs is 1. The molecule has 0 aliphatic rings. The van der Waals surface area contributed by atoms with Crippen LogP contribution in [-0.4, -0.2) is 33.9 Å². The molecule has 0 aliphatic heterocycles. The first-order valence-corrected chi connectivity index (χ1v) is 11.2. The van der Waals surface area contributed by atoms with Crippen molar-refractivity contribution in [3.63, 3.8) is 0 Å². The van der Waals surface area contributed by atoms with Gasteiger partial charge in [-0.2, -0.15) is 18.3 Å². The molecule has 2 aromatic carbocycles. The van der Waals surface area contributed by atoms with Crippen LogP contribution in [0.4, 0.5) is 17.6 Å². The van der Waals surface area contributed by atoms with Gasteiger partial charge in [-0.3, -0.25) is 4.79 Å². The standard InChI is InChI=1S/C24H21F4N3O2S/c1-13-21(23(33)29-8-9-32)14(2)31(30-13)20-7-6-19(25)18-12-17(34-22(18)20)11-15-4-3-5-16(10-15)24(26,27)28/h3-7,10,12,32H,8-9,11H2,1-2H3,(H,29,33). The highest BCUT2D eigenvalue weighted by molar-refractivity contribution is 7.19. The highest BCUT2D eigenvalue weighted by Gasteiger charge is 2.30. The quantitative estimate of drug-likeness (QED) is 0.366. The monoisotopic (exact) mass is 491 g/mol. The SMILES string of the molecule is Cc1nn(-c2ccc(F)c3cc(Cc4cccc(C(F)(F)F)c4)sc23)c(C)c1C(=O)NCCO. The molecule has 0 saturated heterocycles. The fraction of sp³-hybridized carbons (Fsp3) is 0.250. The van der Waals surface area contributed by atoms with E-state index in [2.05, 4.69) is 10.4 Å². The van der Waals surface area contributed by atoms with Crippen molar-refractivity contribution >= 4 is 27.3 Å². The largest absolute Gasteiger partial charge is 0.416 e. The summed E-state index contributed by atoms with van der Waals surface area (Å²) in [6.07, 6.45) is -4.22. The lowest BCUT2D eigenvalue weighted by molar-refractivity contribution is -0.137. The minimum absolute atomic E-state index is 0.105. The molecule has 0 saturated carbocycles. The third-order valence-corrected chi connectivity index (χ3v) is 6.59. The van der Waals surface area contributed by atoms with Crippen molar-refractivity contribution in [3.05, 3.63) is 81.2 Å². The number of amides is 1. The van der Waals surface area contributed by atoms with Crippen molar-refractivity contribution in [2.75, 3.05) is 13.2 Å². The van der Waals surface area contributed by atoms with E-state index >= 15 is 0 Å². The summed E-state index contributed by atoms with van der Waals surface area (Å²) < 4.78 is 56.0. The summed E-state index contributed by atoms with van der Waals surface area (Å²) in [5.74, 6) is -0.821. The first kappa shape index (κ1) is 23.9. The van der Waals surface area contributed by atoms with Crippen LogP contribution in [0.3, 0.4) is 0 Å². The van der Waals surface area contributed by atoms with Crippen LogP contribution >= 0.6 is 11.3 Å². The van der Waals surface area contributed by atoms with Crippen LogP contribution in [0.1, 0.15) is 37.7 Å². The predicted molar refractivity (Wildman–Crippen MR) is 122 cm³/mol. The maximum Gasteiger partial charge on any atom is 0.416 e.